The Labute approximate surface area is 93.0 Å². The fourth-order valence-electron chi connectivity index (χ4n) is 2.36. The molecule has 2 aliphatic rings. The van der Waals surface area contributed by atoms with Crippen LogP contribution in [0.3, 0.4) is 0 Å². The fraction of sp³-hybridized carbons (Fsp3) is 1.00. The van der Waals surface area contributed by atoms with Crippen molar-refractivity contribution in [3.05, 3.63) is 0 Å². The van der Waals surface area contributed by atoms with Gasteiger partial charge in [-0.1, -0.05) is 13.8 Å². The molecule has 1 heterocycles. The molecule has 0 spiro atoms. The summed E-state index contributed by atoms with van der Waals surface area (Å²) in [7, 11) is 0. The highest BCUT2D eigenvalue weighted by atomic mass is 16.5. The second-order valence-electron chi connectivity index (χ2n) is 5.37. The number of hydrogen-bond donors (Lipinski definition) is 2. The minimum atomic E-state index is 0.515. The van der Waals surface area contributed by atoms with E-state index in [4.69, 9.17) is 4.74 Å². The van der Waals surface area contributed by atoms with Crippen LogP contribution in [0.15, 0.2) is 0 Å². The lowest BCUT2D eigenvalue weighted by Crippen LogP contribution is -2.48. The second kappa shape index (κ2) is 4.81. The summed E-state index contributed by atoms with van der Waals surface area (Å²) in [6.45, 7) is 9.65. The first kappa shape index (κ1) is 11.4. The predicted molar refractivity (Wildman–Crippen MR) is 62.0 cm³/mol. The first-order valence-corrected chi connectivity index (χ1v) is 6.25. The van der Waals surface area contributed by atoms with E-state index in [1.54, 1.807) is 0 Å². The predicted octanol–water partition coefficient (Wildman–Crippen LogP) is 1.00. The fourth-order valence-corrected chi connectivity index (χ4v) is 2.36. The van der Waals surface area contributed by atoms with Crippen LogP contribution < -0.4 is 10.6 Å². The van der Waals surface area contributed by atoms with Gasteiger partial charge in [-0.05, 0) is 24.2 Å². The molecule has 0 bridgehead atoms. The van der Waals surface area contributed by atoms with E-state index in [1.807, 2.05) is 0 Å². The van der Waals surface area contributed by atoms with Gasteiger partial charge < -0.3 is 15.4 Å². The summed E-state index contributed by atoms with van der Waals surface area (Å²) >= 11 is 0. The Morgan fingerprint density at radius 1 is 1.47 bits per heavy atom. The number of nitrogens with one attached hydrogen (secondary N) is 2. The highest BCUT2D eigenvalue weighted by molar-refractivity contribution is 4.97. The highest BCUT2D eigenvalue weighted by Gasteiger charge is 2.44. The van der Waals surface area contributed by atoms with E-state index in [-0.39, 0.29) is 0 Å². The van der Waals surface area contributed by atoms with E-state index in [2.05, 4.69) is 24.5 Å². The van der Waals surface area contributed by atoms with Gasteiger partial charge >= 0.3 is 0 Å². The number of morpholine rings is 1. The van der Waals surface area contributed by atoms with Gasteiger partial charge in [-0.25, -0.2) is 0 Å². The van der Waals surface area contributed by atoms with Gasteiger partial charge in [-0.2, -0.15) is 0 Å². The van der Waals surface area contributed by atoms with Gasteiger partial charge in [0, 0.05) is 25.7 Å². The Balaban J connectivity index is 1.62. The van der Waals surface area contributed by atoms with Crippen LogP contribution in [0, 0.1) is 11.3 Å². The molecule has 1 unspecified atom stereocenters. The molecular weight excluding hydrogens is 188 g/mol. The van der Waals surface area contributed by atoms with E-state index in [9.17, 15) is 0 Å². The number of ether oxygens (including phenoxy) is 1. The Kier molecular flexibility index (Phi) is 3.65. The van der Waals surface area contributed by atoms with Crippen molar-refractivity contribution in [1.82, 2.24) is 10.6 Å². The van der Waals surface area contributed by atoms with E-state index >= 15 is 0 Å². The molecule has 2 N–H and O–H groups in total. The summed E-state index contributed by atoms with van der Waals surface area (Å²) in [4.78, 5) is 0. The maximum absolute atomic E-state index is 5.43. The van der Waals surface area contributed by atoms with Gasteiger partial charge in [0.1, 0.15) is 0 Å². The van der Waals surface area contributed by atoms with Crippen molar-refractivity contribution in [2.24, 2.45) is 11.3 Å². The normalized spacial score (nSPS) is 29.4. The zero-order chi connectivity index (χ0) is 10.7. The smallest absolute Gasteiger partial charge is 0.0632 e. The van der Waals surface area contributed by atoms with Gasteiger partial charge in [0.05, 0.1) is 13.2 Å². The lowest BCUT2D eigenvalue weighted by molar-refractivity contribution is 0.0760. The Bertz CT molecular complexity index is 196. The third kappa shape index (κ3) is 2.92. The molecule has 3 heteroatoms. The van der Waals surface area contributed by atoms with Crippen molar-refractivity contribution >= 4 is 0 Å². The molecule has 0 aromatic heterocycles. The summed E-state index contributed by atoms with van der Waals surface area (Å²) in [6, 6.07) is 0.515. The van der Waals surface area contributed by atoms with E-state index < -0.39 is 0 Å². The zero-order valence-corrected chi connectivity index (χ0v) is 10.0. The van der Waals surface area contributed by atoms with Crippen molar-refractivity contribution < 1.29 is 4.74 Å². The molecule has 0 radical (unpaired) electrons. The van der Waals surface area contributed by atoms with Gasteiger partial charge in [0.15, 0.2) is 0 Å². The third-order valence-electron chi connectivity index (χ3n) is 3.98. The minimum absolute atomic E-state index is 0.515. The molecule has 88 valence electrons. The monoisotopic (exact) mass is 212 g/mol. The van der Waals surface area contributed by atoms with Crippen LogP contribution in [0.2, 0.25) is 0 Å². The molecule has 3 nitrogen and oxygen atoms in total. The molecule has 2 fully saturated rings. The first-order valence-electron chi connectivity index (χ1n) is 6.25. The molecule has 15 heavy (non-hydrogen) atoms. The van der Waals surface area contributed by atoms with E-state index in [0.717, 1.165) is 32.2 Å². The largest absolute Gasteiger partial charge is 0.378 e. The first-order chi connectivity index (χ1) is 7.23. The molecule has 1 aliphatic carbocycles. The SMILES string of the molecule is CC(C)C1(CNCC2COCCN2)CC1. The second-order valence-corrected chi connectivity index (χ2v) is 5.37. The van der Waals surface area contributed by atoms with Crippen LogP contribution >= 0.6 is 0 Å². The summed E-state index contributed by atoms with van der Waals surface area (Å²) in [6.07, 6.45) is 2.82. The maximum atomic E-state index is 5.43. The summed E-state index contributed by atoms with van der Waals surface area (Å²) < 4.78 is 5.43. The van der Waals surface area contributed by atoms with Crippen molar-refractivity contribution in [2.45, 2.75) is 32.7 Å². The van der Waals surface area contributed by atoms with Crippen LogP contribution in [0.25, 0.3) is 0 Å². The summed E-state index contributed by atoms with van der Waals surface area (Å²) in [5.41, 5.74) is 0.621. The van der Waals surface area contributed by atoms with Crippen molar-refractivity contribution in [1.29, 1.82) is 0 Å². The van der Waals surface area contributed by atoms with Crippen LogP contribution in [0.4, 0.5) is 0 Å². The Morgan fingerprint density at radius 2 is 2.27 bits per heavy atom. The van der Waals surface area contributed by atoms with Crippen LogP contribution in [0.5, 0.6) is 0 Å². The Hall–Kier alpha value is -0.120. The molecule has 1 saturated carbocycles. The molecule has 0 aromatic rings. The maximum Gasteiger partial charge on any atom is 0.0632 e. The van der Waals surface area contributed by atoms with Crippen LogP contribution in [-0.4, -0.2) is 38.9 Å². The molecule has 1 aliphatic heterocycles. The average Bonchev–Trinajstić information content (AvgIpc) is 3.01. The quantitative estimate of drug-likeness (QED) is 0.713. The van der Waals surface area contributed by atoms with Crippen molar-refractivity contribution in [3.63, 3.8) is 0 Å². The lowest BCUT2D eigenvalue weighted by Gasteiger charge is -2.26. The van der Waals surface area contributed by atoms with Gasteiger partial charge in [-0.15, -0.1) is 0 Å². The summed E-state index contributed by atoms with van der Waals surface area (Å²) in [5.74, 6) is 0.820. The Morgan fingerprint density at radius 3 is 2.80 bits per heavy atom. The zero-order valence-electron chi connectivity index (χ0n) is 10.0. The van der Waals surface area contributed by atoms with Crippen LogP contribution in [0.1, 0.15) is 26.7 Å². The third-order valence-corrected chi connectivity index (χ3v) is 3.98. The van der Waals surface area contributed by atoms with Gasteiger partial charge in [-0.3, -0.25) is 0 Å². The topological polar surface area (TPSA) is 33.3 Å². The standard InChI is InChI=1S/C12H24N2O/c1-10(2)12(3-4-12)9-13-7-11-8-15-6-5-14-11/h10-11,13-14H,3-9H2,1-2H3. The van der Waals surface area contributed by atoms with E-state index in [1.165, 1.54) is 19.4 Å². The average molecular weight is 212 g/mol. The minimum Gasteiger partial charge on any atom is -0.378 e. The van der Waals surface area contributed by atoms with Gasteiger partial charge in [0.2, 0.25) is 0 Å². The van der Waals surface area contributed by atoms with Crippen LogP contribution in [-0.2, 0) is 4.74 Å². The number of rotatable bonds is 5. The molecule has 2 rings (SSSR count). The number of hydrogen-bond acceptors (Lipinski definition) is 3. The molecule has 1 saturated heterocycles. The lowest BCUT2D eigenvalue weighted by atomic mass is 9.92. The summed E-state index contributed by atoms with van der Waals surface area (Å²) in [5, 5.41) is 7.06. The van der Waals surface area contributed by atoms with Crippen molar-refractivity contribution in [2.75, 3.05) is 32.8 Å². The molecule has 1 atom stereocenters. The molecule has 0 aromatic carbocycles. The molecule has 0 amide bonds. The van der Waals surface area contributed by atoms with Gasteiger partial charge in [0.25, 0.3) is 0 Å². The highest BCUT2D eigenvalue weighted by Crippen LogP contribution is 2.51. The van der Waals surface area contributed by atoms with E-state index in [0.29, 0.717) is 11.5 Å². The molecular formula is C12H24N2O. The van der Waals surface area contributed by atoms with Crippen molar-refractivity contribution in [3.8, 4) is 0 Å².